The van der Waals surface area contributed by atoms with Gasteiger partial charge in [-0.15, -0.1) is 0 Å². The summed E-state index contributed by atoms with van der Waals surface area (Å²) in [7, 11) is 0. The summed E-state index contributed by atoms with van der Waals surface area (Å²) >= 11 is 0. The fourth-order valence-electron chi connectivity index (χ4n) is 1.33. The van der Waals surface area contributed by atoms with Gasteiger partial charge >= 0.3 is 5.97 Å². The van der Waals surface area contributed by atoms with Crippen molar-refractivity contribution in [3.05, 3.63) is 29.6 Å². The number of carboxylic acids is 1. The summed E-state index contributed by atoms with van der Waals surface area (Å²) in [6.45, 7) is 3.31. The van der Waals surface area contributed by atoms with Crippen molar-refractivity contribution in [1.29, 1.82) is 0 Å². The van der Waals surface area contributed by atoms with Gasteiger partial charge in [0.1, 0.15) is 5.69 Å². The maximum Gasteiger partial charge on any atom is 0.354 e. The molecule has 0 atom stereocenters. The molecular formula is C12H17NO3. The average Bonchev–Trinajstić information content (AvgIpc) is 2.29. The van der Waals surface area contributed by atoms with E-state index in [1.165, 1.54) is 12.6 Å². The summed E-state index contributed by atoms with van der Waals surface area (Å²) in [6, 6.07) is 3.31. The molecule has 4 nitrogen and oxygen atoms in total. The highest BCUT2D eigenvalue weighted by Gasteiger charge is 2.04. The van der Waals surface area contributed by atoms with Crippen LogP contribution >= 0.6 is 0 Å². The number of pyridine rings is 1. The molecule has 0 saturated heterocycles. The van der Waals surface area contributed by atoms with E-state index in [-0.39, 0.29) is 5.69 Å². The second-order valence-electron chi connectivity index (χ2n) is 3.61. The summed E-state index contributed by atoms with van der Waals surface area (Å²) in [6.07, 6.45) is 4.88. The molecule has 88 valence electrons. The number of carboxylic acid groups (broad SMARTS) is 1. The van der Waals surface area contributed by atoms with Crippen molar-refractivity contribution in [3.63, 3.8) is 0 Å². The van der Waals surface area contributed by atoms with Gasteiger partial charge in [-0.25, -0.2) is 9.78 Å². The normalized spacial score (nSPS) is 10.3. The van der Waals surface area contributed by atoms with Crippen LogP contribution < -0.4 is 0 Å². The average molecular weight is 223 g/mol. The monoisotopic (exact) mass is 223 g/mol. The Morgan fingerprint density at radius 2 is 2.31 bits per heavy atom. The molecule has 0 aliphatic carbocycles. The topological polar surface area (TPSA) is 59.4 Å². The number of aromatic carboxylic acids is 1. The van der Waals surface area contributed by atoms with Gasteiger partial charge in [0.15, 0.2) is 0 Å². The van der Waals surface area contributed by atoms with Crippen LogP contribution in [-0.4, -0.2) is 22.7 Å². The van der Waals surface area contributed by atoms with Gasteiger partial charge in [-0.05, 0) is 24.1 Å². The molecule has 16 heavy (non-hydrogen) atoms. The Morgan fingerprint density at radius 3 is 3.00 bits per heavy atom. The second-order valence-corrected chi connectivity index (χ2v) is 3.61. The number of rotatable bonds is 7. The molecule has 0 unspecified atom stereocenters. The van der Waals surface area contributed by atoms with Crippen LogP contribution in [0.4, 0.5) is 0 Å². The fraction of sp³-hybridized carbons (Fsp3) is 0.500. The van der Waals surface area contributed by atoms with Crippen LogP contribution in [-0.2, 0) is 11.3 Å². The zero-order valence-corrected chi connectivity index (χ0v) is 9.48. The molecule has 0 radical (unpaired) electrons. The molecule has 0 aliphatic heterocycles. The number of ether oxygens (including phenoxy) is 1. The van der Waals surface area contributed by atoms with Gasteiger partial charge in [-0.1, -0.05) is 19.8 Å². The molecule has 0 spiro atoms. The van der Waals surface area contributed by atoms with E-state index in [2.05, 4.69) is 11.9 Å². The van der Waals surface area contributed by atoms with Crippen molar-refractivity contribution in [2.75, 3.05) is 6.61 Å². The van der Waals surface area contributed by atoms with Gasteiger partial charge in [-0.2, -0.15) is 0 Å². The molecule has 4 heteroatoms. The Morgan fingerprint density at radius 1 is 1.50 bits per heavy atom. The van der Waals surface area contributed by atoms with E-state index < -0.39 is 5.97 Å². The lowest BCUT2D eigenvalue weighted by atomic mass is 10.2. The maximum absolute atomic E-state index is 10.7. The third-order valence-electron chi connectivity index (χ3n) is 2.20. The molecule has 1 aromatic rings. The highest BCUT2D eigenvalue weighted by atomic mass is 16.5. The van der Waals surface area contributed by atoms with Crippen molar-refractivity contribution in [2.45, 2.75) is 32.8 Å². The Kier molecular flexibility index (Phi) is 5.50. The van der Waals surface area contributed by atoms with Gasteiger partial charge in [0.05, 0.1) is 6.61 Å². The van der Waals surface area contributed by atoms with Crippen molar-refractivity contribution < 1.29 is 14.6 Å². The minimum Gasteiger partial charge on any atom is -0.477 e. The molecule has 0 bridgehead atoms. The third-order valence-corrected chi connectivity index (χ3v) is 2.20. The molecule has 1 N–H and O–H groups in total. The van der Waals surface area contributed by atoms with Crippen LogP contribution in [0.25, 0.3) is 0 Å². The molecule has 0 aliphatic rings. The molecule has 1 heterocycles. The summed E-state index contributed by atoms with van der Waals surface area (Å²) in [5.41, 5.74) is 0.915. The Balaban J connectivity index is 2.36. The lowest BCUT2D eigenvalue weighted by molar-refractivity contribution is 0.0689. The minimum atomic E-state index is -1.01. The summed E-state index contributed by atoms with van der Waals surface area (Å²) in [4.78, 5) is 14.4. The molecule has 1 aromatic heterocycles. The number of unbranched alkanes of at least 4 members (excludes halogenated alkanes) is 2. The Bertz CT molecular complexity index is 339. The molecule has 0 aromatic carbocycles. The number of nitrogens with zero attached hydrogens (tertiary/aromatic N) is 1. The van der Waals surface area contributed by atoms with E-state index in [9.17, 15) is 4.79 Å². The molecule has 0 amide bonds. The van der Waals surface area contributed by atoms with E-state index in [0.717, 1.165) is 25.0 Å². The highest BCUT2D eigenvalue weighted by Crippen LogP contribution is 2.04. The predicted octanol–water partition coefficient (Wildman–Crippen LogP) is 2.49. The summed E-state index contributed by atoms with van der Waals surface area (Å²) in [5, 5.41) is 8.75. The van der Waals surface area contributed by atoms with E-state index in [4.69, 9.17) is 9.84 Å². The van der Waals surface area contributed by atoms with Crippen molar-refractivity contribution in [2.24, 2.45) is 0 Å². The second kappa shape index (κ2) is 6.95. The van der Waals surface area contributed by atoms with E-state index in [1.807, 2.05) is 0 Å². The smallest absolute Gasteiger partial charge is 0.354 e. The fourth-order valence-corrected chi connectivity index (χ4v) is 1.33. The van der Waals surface area contributed by atoms with Gasteiger partial charge < -0.3 is 9.84 Å². The first-order valence-electron chi connectivity index (χ1n) is 5.50. The SMILES string of the molecule is CCCCCOCc1ccnc(C(=O)O)c1. The first kappa shape index (κ1) is 12.6. The first-order chi connectivity index (χ1) is 7.74. The molecule has 0 fully saturated rings. The van der Waals surface area contributed by atoms with E-state index in [1.54, 1.807) is 12.1 Å². The summed E-state index contributed by atoms with van der Waals surface area (Å²) in [5.74, 6) is -1.01. The number of hydrogen-bond donors (Lipinski definition) is 1. The largest absolute Gasteiger partial charge is 0.477 e. The van der Waals surface area contributed by atoms with Crippen molar-refractivity contribution >= 4 is 5.97 Å². The highest BCUT2D eigenvalue weighted by molar-refractivity contribution is 5.85. The van der Waals surface area contributed by atoms with Gasteiger partial charge in [-0.3, -0.25) is 0 Å². The lowest BCUT2D eigenvalue weighted by Crippen LogP contribution is -2.02. The minimum absolute atomic E-state index is 0.0645. The van der Waals surface area contributed by atoms with Crippen LogP contribution in [0.1, 0.15) is 42.2 Å². The van der Waals surface area contributed by atoms with Crippen molar-refractivity contribution in [1.82, 2.24) is 4.98 Å². The van der Waals surface area contributed by atoms with Gasteiger partial charge in [0.2, 0.25) is 0 Å². The van der Waals surface area contributed by atoms with Crippen LogP contribution in [0.15, 0.2) is 18.3 Å². The third kappa shape index (κ3) is 4.40. The molecule has 0 saturated carbocycles. The van der Waals surface area contributed by atoms with E-state index >= 15 is 0 Å². The Labute approximate surface area is 95.3 Å². The number of hydrogen-bond acceptors (Lipinski definition) is 3. The summed E-state index contributed by atoms with van der Waals surface area (Å²) < 4.78 is 5.44. The molecule has 1 rings (SSSR count). The van der Waals surface area contributed by atoms with E-state index in [0.29, 0.717) is 6.61 Å². The van der Waals surface area contributed by atoms with Gasteiger partial charge in [0, 0.05) is 12.8 Å². The standard InChI is InChI=1S/C12H17NO3/c1-2-3-4-7-16-9-10-5-6-13-11(8-10)12(14)15/h5-6,8H,2-4,7,9H2,1H3,(H,14,15). The zero-order valence-electron chi connectivity index (χ0n) is 9.48. The predicted molar refractivity (Wildman–Crippen MR) is 60.4 cm³/mol. The maximum atomic E-state index is 10.7. The Hall–Kier alpha value is -1.42. The van der Waals surface area contributed by atoms with Crippen molar-refractivity contribution in [3.8, 4) is 0 Å². The van der Waals surface area contributed by atoms with Crippen LogP contribution in [0.2, 0.25) is 0 Å². The van der Waals surface area contributed by atoms with Crippen LogP contribution in [0, 0.1) is 0 Å². The first-order valence-corrected chi connectivity index (χ1v) is 5.50. The van der Waals surface area contributed by atoms with Crippen LogP contribution in [0.3, 0.4) is 0 Å². The quantitative estimate of drug-likeness (QED) is 0.721. The zero-order chi connectivity index (χ0) is 11.8. The molecular weight excluding hydrogens is 206 g/mol. The van der Waals surface area contributed by atoms with Gasteiger partial charge in [0.25, 0.3) is 0 Å². The number of aromatic nitrogens is 1. The lowest BCUT2D eigenvalue weighted by Gasteiger charge is -2.04. The number of carbonyl (C=O) groups is 1. The van der Waals surface area contributed by atoms with Crippen LogP contribution in [0.5, 0.6) is 0 Å².